The van der Waals surface area contributed by atoms with Crippen LogP contribution in [0.5, 0.6) is 0 Å². The van der Waals surface area contributed by atoms with Gasteiger partial charge in [-0.25, -0.2) is 35.1 Å². The van der Waals surface area contributed by atoms with Gasteiger partial charge in [0.1, 0.15) is 0 Å². The Labute approximate surface area is 261 Å². The molecule has 6 aromatic carbocycles. The molecular weight excluding hydrogens is 646 g/mol. The predicted octanol–water partition coefficient (Wildman–Crippen LogP) is 7.98. The van der Waals surface area contributed by atoms with Crippen LogP contribution in [-0.4, -0.2) is 0 Å². The Balaban J connectivity index is 1.82. The van der Waals surface area contributed by atoms with Crippen LogP contribution >= 0.6 is 15.8 Å². The SMILES string of the molecule is Fc1c(F)c(F)c(P(c2ccccc2)c2c(F)c(F)c(F)c(F)c2P(c2ccccc2)c2ccccc2)c(-c2ccccc2)c1F. The standard InChI is InChI=1S/C36H20F8P2/c37-26-25(21-13-5-1-6-14-21)34(31(42)28(39)27(26)38)46(24-19-11-4-12-20-24)36-33(44)30(41)29(40)32(43)35(36)45(22-15-7-2-8-16-22)23-17-9-3-10-18-23/h1-20H. The highest BCUT2D eigenvalue weighted by Crippen LogP contribution is 2.45. The molecular formula is C36H20F8P2. The Morgan fingerprint density at radius 1 is 0.283 bits per heavy atom. The highest BCUT2D eigenvalue weighted by Gasteiger charge is 2.40. The van der Waals surface area contributed by atoms with Crippen LogP contribution < -0.4 is 31.8 Å². The summed E-state index contributed by atoms with van der Waals surface area (Å²) in [6.07, 6.45) is 0. The summed E-state index contributed by atoms with van der Waals surface area (Å²) in [5.41, 5.74) is -0.860. The van der Waals surface area contributed by atoms with Crippen LogP contribution in [0.1, 0.15) is 0 Å². The van der Waals surface area contributed by atoms with Crippen molar-refractivity contribution in [1.82, 2.24) is 0 Å². The average Bonchev–Trinajstić information content (AvgIpc) is 3.10. The summed E-state index contributed by atoms with van der Waals surface area (Å²) in [5, 5.41) is -1.50. The van der Waals surface area contributed by atoms with Crippen molar-refractivity contribution in [2.75, 3.05) is 0 Å². The van der Waals surface area contributed by atoms with Gasteiger partial charge in [-0.15, -0.1) is 0 Å². The Morgan fingerprint density at radius 2 is 0.587 bits per heavy atom. The molecule has 0 radical (unpaired) electrons. The lowest BCUT2D eigenvalue weighted by Gasteiger charge is -2.30. The molecule has 1 unspecified atom stereocenters. The molecule has 0 bridgehead atoms. The molecule has 0 amide bonds. The van der Waals surface area contributed by atoms with Crippen molar-refractivity contribution >= 4 is 47.7 Å². The van der Waals surface area contributed by atoms with Crippen LogP contribution in [-0.2, 0) is 0 Å². The Kier molecular flexibility index (Phi) is 9.04. The lowest BCUT2D eigenvalue weighted by Crippen LogP contribution is -2.41. The van der Waals surface area contributed by atoms with Crippen LogP contribution in [0.2, 0.25) is 0 Å². The van der Waals surface area contributed by atoms with E-state index in [1.165, 1.54) is 48.5 Å². The highest BCUT2D eigenvalue weighted by atomic mass is 31.1. The van der Waals surface area contributed by atoms with Crippen molar-refractivity contribution in [3.63, 3.8) is 0 Å². The van der Waals surface area contributed by atoms with Gasteiger partial charge in [-0.3, -0.25) is 0 Å². The van der Waals surface area contributed by atoms with Crippen molar-refractivity contribution in [3.05, 3.63) is 168 Å². The van der Waals surface area contributed by atoms with Crippen molar-refractivity contribution in [3.8, 4) is 11.1 Å². The van der Waals surface area contributed by atoms with Gasteiger partial charge in [0.05, 0.1) is 0 Å². The molecule has 0 aliphatic rings. The second kappa shape index (κ2) is 13.2. The molecule has 10 heteroatoms. The summed E-state index contributed by atoms with van der Waals surface area (Å²) in [7, 11) is -5.21. The lowest BCUT2D eigenvalue weighted by molar-refractivity contribution is 0.414. The molecule has 230 valence electrons. The van der Waals surface area contributed by atoms with Crippen LogP contribution in [0, 0.1) is 46.5 Å². The van der Waals surface area contributed by atoms with Gasteiger partial charge < -0.3 is 0 Å². The molecule has 0 heterocycles. The van der Waals surface area contributed by atoms with Crippen molar-refractivity contribution in [2.45, 2.75) is 0 Å². The molecule has 1 atom stereocenters. The van der Waals surface area contributed by atoms with Crippen LogP contribution in [0.25, 0.3) is 11.1 Å². The minimum absolute atomic E-state index is 0.0145. The number of benzene rings is 6. The van der Waals surface area contributed by atoms with Gasteiger partial charge in [0, 0.05) is 21.5 Å². The quantitative estimate of drug-likeness (QED) is 0.0702. The van der Waals surface area contributed by atoms with E-state index in [1.807, 2.05) is 0 Å². The third kappa shape index (κ3) is 5.50. The van der Waals surface area contributed by atoms with Gasteiger partial charge in [0.25, 0.3) is 0 Å². The summed E-state index contributed by atoms with van der Waals surface area (Å²) >= 11 is 0. The molecule has 0 saturated heterocycles. The molecule has 0 aliphatic heterocycles. The monoisotopic (exact) mass is 666 g/mol. The van der Waals surface area contributed by atoms with E-state index < -0.39 is 83.9 Å². The first-order valence-corrected chi connectivity index (χ1v) is 16.4. The highest BCUT2D eigenvalue weighted by molar-refractivity contribution is 7.85. The summed E-state index contributed by atoms with van der Waals surface area (Å²) in [6, 6.07) is 30.5. The van der Waals surface area contributed by atoms with Crippen molar-refractivity contribution in [2.24, 2.45) is 0 Å². The van der Waals surface area contributed by atoms with E-state index in [9.17, 15) is 4.39 Å². The van der Waals surface area contributed by atoms with E-state index in [0.717, 1.165) is 0 Å². The van der Waals surface area contributed by atoms with Crippen molar-refractivity contribution in [1.29, 1.82) is 0 Å². The van der Waals surface area contributed by atoms with Gasteiger partial charge in [0.15, 0.2) is 46.5 Å². The first-order chi connectivity index (χ1) is 22.2. The van der Waals surface area contributed by atoms with E-state index in [-0.39, 0.29) is 10.9 Å². The molecule has 6 rings (SSSR count). The zero-order valence-corrected chi connectivity index (χ0v) is 25.3. The summed E-state index contributed by atoms with van der Waals surface area (Å²) < 4.78 is 126. The van der Waals surface area contributed by atoms with Crippen LogP contribution in [0.4, 0.5) is 35.1 Å². The number of rotatable bonds is 7. The molecule has 0 N–H and O–H groups in total. The molecule has 6 aromatic rings. The van der Waals surface area contributed by atoms with E-state index in [2.05, 4.69) is 0 Å². The fraction of sp³-hybridized carbons (Fsp3) is 0. The molecule has 0 nitrogen and oxygen atoms in total. The fourth-order valence-corrected chi connectivity index (χ4v) is 10.7. The van der Waals surface area contributed by atoms with Gasteiger partial charge in [0.2, 0.25) is 0 Å². The molecule has 0 saturated carbocycles. The Morgan fingerprint density at radius 3 is 1.00 bits per heavy atom. The zero-order chi connectivity index (χ0) is 32.5. The molecule has 0 spiro atoms. The maximum Gasteiger partial charge on any atom is 0.198 e. The smallest absolute Gasteiger partial charge is 0.198 e. The summed E-state index contributed by atoms with van der Waals surface area (Å²) in [4.78, 5) is 0. The Hall–Kier alpha value is -4.38. The number of hydrogen-bond acceptors (Lipinski definition) is 0. The number of halogens is 8. The second-order valence-electron chi connectivity index (χ2n) is 9.98. The van der Waals surface area contributed by atoms with Gasteiger partial charge >= 0.3 is 0 Å². The third-order valence-corrected chi connectivity index (χ3v) is 12.5. The molecule has 0 aromatic heterocycles. The predicted molar refractivity (Wildman–Crippen MR) is 169 cm³/mol. The van der Waals surface area contributed by atoms with E-state index >= 15 is 30.7 Å². The number of hydrogen-bond donors (Lipinski definition) is 0. The van der Waals surface area contributed by atoms with E-state index in [0.29, 0.717) is 10.6 Å². The van der Waals surface area contributed by atoms with E-state index in [1.54, 1.807) is 72.8 Å². The van der Waals surface area contributed by atoms with Crippen molar-refractivity contribution < 1.29 is 35.1 Å². The Bertz CT molecular complexity index is 1980. The normalized spacial score (nSPS) is 12.0. The maximum atomic E-state index is 16.5. The lowest BCUT2D eigenvalue weighted by atomic mass is 10.0. The van der Waals surface area contributed by atoms with Gasteiger partial charge in [-0.05, 0) is 37.3 Å². The third-order valence-electron chi connectivity index (χ3n) is 7.24. The van der Waals surface area contributed by atoms with E-state index in [4.69, 9.17) is 0 Å². The molecule has 0 fully saturated rings. The average molecular weight is 666 g/mol. The minimum Gasteiger partial charge on any atom is -0.203 e. The summed E-state index contributed by atoms with van der Waals surface area (Å²) in [5.74, 6) is -15.8. The first-order valence-electron chi connectivity index (χ1n) is 13.7. The zero-order valence-electron chi connectivity index (χ0n) is 23.5. The fourth-order valence-electron chi connectivity index (χ4n) is 5.22. The second-order valence-corrected chi connectivity index (χ2v) is 14.2. The first kappa shape index (κ1) is 31.6. The minimum atomic E-state index is -2.98. The maximum absolute atomic E-state index is 16.5. The van der Waals surface area contributed by atoms with Crippen LogP contribution in [0.3, 0.4) is 0 Å². The topological polar surface area (TPSA) is 0 Å². The van der Waals surface area contributed by atoms with Crippen LogP contribution in [0.15, 0.2) is 121 Å². The van der Waals surface area contributed by atoms with Gasteiger partial charge in [-0.2, -0.15) is 0 Å². The van der Waals surface area contributed by atoms with Gasteiger partial charge in [-0.1, -0.05) is 121 Å². The largest absolute Gasteiger partial charge is 0.203 e. The molecule has 46 heavy (non-hydrogen) atoms. The molecule has 0 aliphatic carbocycles. The summed E-state index contributed by atoms with van der Waals surface area (Å²) in [6.45, 7) is 0.